The highest BCUT2D eigenvalue weighted by atomic mass is 35.5. The Bertz CT molecular complexity index is 354. The summed E-state index contributed by atoms with van der Waals surface area (Å²) < 4.78 is 5.17. The highest BCUT2D eigenvalue weighted by Gasteiger charge is 2.15. The van der Waals surface area contributed by atoms with Gasteiger partial charge in [0.1, 0.15) is 5.75 Å². The minimum Gasteiger partial charge on any atom is -0.497 e. The topological polar surface area (TPSA) is 9.23 Å². The van der Waals surface area contributed by atoms with Crippen LogP contribution in [0.5, 0.6) is 5.75 Å². The first kappa shape index (κ1) is 14.7. The first-order valence-electron chi connectivity index (χ1n) is 7.55. The summed E-state index contributed by atoms with van der Waals surface area (Å²) in [6.07, 6.45) is 10.6. The Morgan fingerprint density at radius 3 is 2.47 bits per heavy atom. The van der Waals surface area contributed by atoms with Crippen LogP contribution in [-0.2, 0) is 6.42 Å². The van der Waals surface area contributed by atoms with E-state index in [0.29, 0.717) is 0 Å². The normalized spacial score (nSPS) is 18.2. The van der Waals surface area contributed by atoms with Gasteiger partial charge in [-0.05, 0) is 42.9 Å². The lowest BCUT2D eigenvalue weighted by Gasteiger charge is -2.22. The number of methoxy groups -OCH3 is 1. The molecule has 0 bridgehead atoms. The molecular formula is C17H25ClO. The molecule has 1 nitrogen and oxygen atoms in total. The molecule has 1 aliphatic rings. The molecule has 0 heterocycles. The first-order chi connectivity index (χ1) is 9.28. The molecule has 19 heavy (non-hydrogen) atoms. The molecule has 0 aromatic heterocycles. The second-order valence-corrected chi connectivity index (χ2v) is 6.35. The van der Waals surface area contributed by atoms with Crippen LogP contribution < -0.4 is 4.74 Å². The first-order valence-corrected chi connectivity index (χ1v) is 7.98. The average molecular weight is 281 g/mol. The average Bonchev–Trinajstić information content (AvgIpc) is 2.47. The maximum atomic E-state index is 6.48. The molecule has 1 aromatic rings. The molecule has 0 radical (unpaired) electrons. The lowest BCUT2D eigenvalue weighted by molar-refractivity contribution is 0.330. The fraction of sp³-hybridized carbons (Fsp3) is 0.647. The summed E-state index contributed by atoms with van der Waals surface area (Å²) in [6.45, 7) is 0. The Balaban J connectivity index is 1.71. The van der Waals surface area contributed by atoms with E-state index in [4.69, 9.17) is 16.3 Å². The highest BCUT2D eigenvalue weighted by Crippen LogP contribution is 2.29. The summed E-state index contributed by atoms with van der Waals surface area (Å²) in [7, 11) is 1.70. The Kier molecular flexibility index (Phi) is 6.03. The van der Waals surface area contributed by atoms with E-state index in [0.717, 1.165) is 24.5 Å². The van der Waals surface area contributed by atoms with E-state index in [1.54, 1.807) is 7.11 Å². The molecule has 0 N–H and O–H groups in total. The summed E-state index contributed by atoms with van der Waals surface area (Å²) in [5.74, 6) is 1.85. The van der Waals surface area contributed by atoms with Crippen LogP contribution in [0.1, 0.15) is 50.5 Å². The fourth-order valence-corrected chi connectivity index (χ4v) is 3.32. The van der Waals surface area contributed by atoms with Crippen molar-refractivity contribution in [3.8, 4) is 5.75 Å². The molecule has 2 rings (SSSR count). The van der Waals surface area contributed by atoms with Gasteiger partial charge >= 0.3 is 0 Å². The van der Waals surface area contributed by atoms with Crippen molar-refractivity contribution in [2.45, 2.75) is 56.7 Å². The second kappa shape index (κ2) is 7.79. The maximum Gasteiger partial charge on any atom is 0.118 e. The van der Waals surface area contributed by atoms with Crippen LogP contribution in [0.4, 0.5) is 0 Å². The molecule has 0 aliphatic heterocycles. The molecule has 1 aromatic carbocycles. The number of halogens is 1. The number of rotatable bonds is 6. The van der Waals surface area contributed by atoms with Gasteiger partial charge in [0.05, 0.1) is 7.11 Å². The number of hydrogen-bond acceptors (Lipinski definition) is 1. The van der Waals surface area contributed by atoms with Crippen molar-refractivity contribution in [1.29, 1.82) is 0 Å². The second-order valence-electron chi connectivity index (χ2n) is 5.73. The van der Waals surface area contributed by atoms with E-state index in [1.165, 1.54) is 44.1 Å². The van der Waals surface area contributed by atoms with Gasteiger partial charge in [-0.2, -0.15) is 0 Å². The van der Waals surface area contributed by atoms with E-state index >= 15 is 0 Å². The maximum absolute atomic E-state index is 6.48. The van der Waals surface area contributed by atoms with E-state index in [9.17, 15) is 0 Å². The van der Waals surface area contributed by atoms with Crippen LogP contribution in [0.3, 0.4) is 0 Å². The molecule has 0 amide bonds. The van der Waals surface area contributed by atoms with Gasteiger partial charge in [-0.25, -0.2) is 0 Å². The van der Waals surface area contributed by atoms with Crippen LogP contribution in [0.2, 0.25) is 0 Å². The van der Waals surface area contributed by atoms with Crippen LogP contribution in [0.15, 0.2) is 24.3 Å². The van der Waals surface area contributed by atoms with Gasteiger partial charge in [-0.15, -0.1) is 11.6 Å². The van der Waals surface area contributed by atoms with Crippen molar-refractivity contribution in [2.24, 2.45) is 5.92 Å². The number of ether oxygens (including phenoxy) is 1. The van der Waals surface area contributed by atoms with Crippen molar-refractivity contribution < 1.29 is 4.74 Å². The molecule has 1 aliphatic carbocycles. The summed E-state index contributed by atoms with van der Waals surface area (Å²) in [4.78, 5) is 0. The molecule has 1 fully saturated rings. The molecule has 1 unspecified atom stereocenters. The van der Waals surface area contributed by atoms with Gasteiger partial charge in [0, 0.05) is 5.38 Å². The minimum atomic E-state index is 0.273. The van der Waals surface area contributed by atoms with Gasteiger partial charge in [-0.3, -0.25) is 0 Å². The third-order valence-electron chi connectivity index (χ3n) is 4.23. The molecule has 0 saturated heterocycles. The predicted octanol–water partition coefficient (Wildman–Crippen LogP) is 5.21. The van der Waals surface area contributed by atoms with Gasteiger partial charge in [0.2, 0.25) is 0 Å². The Labute approximate surface area is 122 Å². The third-order valence-corrected chi connectivity index (χ3v) is 4.60. The van der Waals surface area contributed by atoms with Crippen molar-refractivity contribution in [3.63, 3.8) is 0 Å². The molecule has 1 atom stereocenters. The zero-order valence-corrected chi connectivity index (χ0v) is 12.7. The summed E-state index contributed by atoms with van der Waals surface area (Å²) in [5, 5.41) is 0.273. The largest absolute Gasteiger partial charge is 0.497 e. The fourth-order valence-electron chi connectivity index (χ4n) is 3.01. The van der Waals surface area contributed by atoms with Gasteiger partial charge in [0.25, 0.3) is 0 Å². The van der Waals surface area contributed by atoms with E-state index in [-0.39, 0.29) is 5.38 Å². The zero-order chi connectivity index (χ0) is 13.5. The summed E-state index contributed by atoms with van der Waals surface area (Å²) >= 11 is 6.48. The number of hydrogen-bond donors (Lipinski definition) is 0. The van der Waals surface area contributed by atoms with Crippen molar-refractivity contribution in [3.05, 3.63) is 29.8 Å². The zero-order valence-electron chi connectivity index (χ0n) is 11.9. The molecule has 1 saturated carbocycles. The number of alkyl halides is 1. The standard InChI is InChI=1S/C17H25ClO/c1-19-17-11-8-15(9-12-17)13-16(18)10-7-14-5-3-2-4-6-14/h8-9,11-12,14,16H,2-7,10,13H2,1H3. The lowest BCUT2D eigenvalue weighted by Crippen LogP contribution is -2.10. The minimum absolute atomic E-state index is 0.273. The van der Waals surface area contributed by atoms with Crippen molar-refractivity contribution in [1.82, 2.24) is 0 Å². The predicted molar refractivity (Wildman–Crippen MR) is 82.1 cm³/mol. The monoisotopic (exact) mass is 280 g/mol. The third kappa shape index (κ3) is 5.06. The molecule has 0 spiro atoms. The Morgan fingerprint density at radius 1 is 1.16 bits per heavy atom. The van der Waals surface area contributed by atoms with E-state index in [1.807, 2.05) is 12.1 Å². The summed E-state index contributed by atoms with van der Waals surface area (Å²) in [5.41, 5.74) is 1.31. The van der Waals surface area contributed by atoms with Crippen LogP contribution in [0.25, 0.3) is 0 Å². The highest BCUT2D eigenvalue weighted by molar-refractivity contribution is 6.20. The van der Waals surface area contributed by atoms with Gasteiger partial charge in [-0.1, -0.05) is 44.2 Å². The van der Waals surface area contributed by atoms with Crippen LogP contribution in [0, 0.1) is 5.92 Å². The van der Waals surface area contributed by atoms with Crippen LogP contribution >= 0.6 is 11.6 Å². The van der Waals surface area contributed by atoms with Crippen LogP contribution in [-0.4, -0.2) is 12.5 Å². The quantitative estimate of drug-likeness (QED) is 0.650. The Morgan fingerprint density at radius 2 is 1.84 bits per heavy atom. The van der Waals surface area contributed by atoms with Crippen molar-refractivity contribution >= 4 is 11.6 Å². The lowest BCUT2D eigenvalue weighted by atomic mass is 9.85. The summed E-state index contributed by atoms with van der Waals surface area (Å²) in [6, 6.07) is 8.27. The number of benzene rings is 1. The SMILES string of the molecule is COc1ccc(CC(Cl)CCC2CCCCC2)cc1. The molecular weight excluding hydrogens is 256 g/mol. The van der Waals surface area contributed by atoms with Crippen molar-refractivity contribution in [2.75, 3.05) is 7.11 Å². The molecule has 2 heteroatoms. The molecule has 106 valence electrons. The Hall–Kier alpha value is -0.690. The van der Waals surface area contributed by atoms with E-state index < -0.39 is 0 Å². The van der Waals surface area contributed by atoms with Gasteiger partial charge < -0.3 is 4.74 Å². The smallest absolute Gasteiger partial charge is 0.118 e. The van der Waals surface area contributed by atoms with E-state index in [2.05, 4.69) is 12.1 Å². The van der Waals surface area contributed by atoms with Gasteiger partial charge in [0.15, 0.2) is 0 Å².